The number of nitrogens with one attached hydrogen (secondary N) is 1. The van der Waals surface area contributed by atoms with Crippen molar-refractivity contribution in [2.24, 2.45) is 5.92 Å². The molecule has 0 unspecified atom stereocenters. The van der Waals surface area contributed by atoms with Gasteiger partial charge in [0.1, 0.15) is 17.2 Å². The van der Waals surface area contributed by atoms with Crippen LogP contribution in [-0.4, -0.2) is 35.0 Å². The number of hydrogen-bond donors (Lipinski definition) is 1. The molecule has 208 valence electrons. The highest BCUT2D eigenvalue weighted by Crippen LogP contribution is 2.62. The van der Waals surface area contributed by atoms with E-state index in [1.807, 2.05) is 90.8 Å². The third-order valence-electron chi connectivity index (χ3n) is 8.79. The Labute approximate surface area is 244 Å². The molecule has 4 aromatic rings. The third-order valence-corrected chi connectivity index (χ3v) is 8.79. The number of fused-ring (bicyclic) bond motifs is 6. The molecule has 0 aliphatic carbocycles. The van der Waals surface area contributed by atoms with E-state index in [-0.39, 0.29) is 17.5 Å². The molecule has 4 atom stereocenters. The van der Waals surface area contributed by atoms with Crippen molar-refractivity contribution < 1.29 is 19.1 Å². The lowest BCUT2D eigenvalue weighted by Crippen LogP contribution is -2.49. The van der Waals surface area contributed by atoms with Gasteiger partial charge in [0.25, 0.3) is 0 Å². The summed E-state index contributed by atoms with van der Waals surface area (Å²) in [5.74, 6) is -1.05. The van der Waals surface area contributed by atoms with Crippen LogP contribution < -0.4 is 10.1 Å². The van der Waals surface area contributed by atoms with E-state index in [1.165, 1.54) is 0 Å². The molecule has 7 rings (SSSR count). The lowest BCUT2D eigenvalue weighted by atomic mass is 9.62. The van der Waals surface area contributed by atoms with Crippen molar-refractivity contribution in [2.45, 2.75) is 30.8 Å². The number of amides is 1. The second-order valence-corrected chi connectivity index (χ2v) is 11.1. The van der Waals surface area contributed by atoms with E-state index in [2.05, 4.69) is 5.32 Å². The van der Waals surface area contributed by atoms with Crippen LogP contribution in [0.5, 0.6) is 5.75 Å². The molecule has 42 heavy (non-hydrogen) atoms. The standard InChI is InChI=1S/C36H30N2O4/c1-2-22-42-26-18-16-25(17-19-26)32(39)30-31(33(40)24-11-4-3-5-12-24)38-21-20-23-10-6-7-13-27(23)34(38)36(30)28-14-8-9-15-29(28)37-35(36)41/h3-21,30-31,34H,2,22H2,1H3,(H,37,41)/t30-,31+,34+,36+/m0/s1. The molecule has 6 heteroatoms. The Balaban J connectivity index is 1.47. The summed E-state index contributed by atoms with van der Waals surface area (Å²) in [7, 11) is 0. The molecule has 1 N–H and O–H groups in total. The smallest absolute Gasteiger partial charge is 0.238 e. The minimum atomic E-state index is -1.35. The number of rotatable bonds is 7. The molecule has 1 amide bonds. The number of Topliss-reactive ketones (excluding diaryl/α,β-unsaturated/α-hetero) is 2. The minimum Gasteiger partial charge on any atom is -0.494 e. The Morgan fingerprint density at radius 1 is 0.833 bits per heavy atom. The fourth-order valence-corrected chi connectivity index (χ4v) is 7.06. The zero-order valence-electron chi connectivity index (χ0n) is 23.2. The summed E-state index contributed by atoms with van der Waals surface area (Å²) in [5.41, 5.74) is 2.87. The molecule has 0 saturated carbocycles. The van der Waals surface area contributed by atoms with Crippen LogP contribution in [-0.2, 0) is 10.2 Å². The molecule has 4 aromatic carbocycles. The van der Waals surface area contributed by atoms with E-state index in [4.69, 9.17) is 4.74 Å². The van der Waals surface area contributed by atoms with Gasteiger partial charge in [-0.15, -0.1) is 0 Å². The molecule has 3 aliphatic heterocycles. The number of ketones is 2. The predicted octanol–water partition coefficient (Wildman–Crippen LogP) is 6.46. The number of para-hydroxylation sites is 1. The van der Waals surface area contributed by atoms with Gasteiger partial charge in [-0.2, -0.15) is 0 Å². The van der Waals surface area contributed by atoms with Crippen LogP contribution in [0.1, 0.15) is 56.8 Å². The molecule has 6 nitrogen and oxygen atoms in total. The topological polar surface area (TPSA) is 75.7 Å². The van der Waals surface area contributed by atoms with Crippen molar-refractivity contribution in [2.75, 3.05) is 11.9 Å². The summed E-state index contributed by atoms with van der Waals surface area (Å²) < 4.78 is 5.76. The highest BCUT2D eigenvalue weighted by atomic mass is 16.5. The van der Waals surface area contributed by atoms with Crippen LogP contribution >= 0.6 is 0 Å². The van der Waals surface area contributed by atoms with Crippen LogP contribution in [0.15, 0.2) is 109 Å². The van der Waals surface area contributed by atoms with Gasteiger partial charge >= 0.3 is 0 Å². The first kappa shape index (κ1) is 26.0. The van der Waals surface area contributed by atoms with Crippen LogP contribution in [0.2, 0.25) is 0 Å². The molecular weight excluding hydrogens is 524 g/mol. The van der Waals surface area contributed by atoms with E-state index in [9.17, 15) is 14.4 Å². The Bertz CT molecular complexity index is 1730. The monoisotopic (exact) mass is 554 g/mol. The molecule has 0 aromatic heterocycles. The van der Waals surface area contributed by atoms with Crippen molar-refractivity contribution in [3.63, 3.8) is 0 Å². The summed E-state index contributed by atoms with van der Waals surface area (Å²) in [6.45, 7) is 2.61. The predicted molar refractivity (Wildman–Crippen MR) is 161 cm³/mol. The Kier molecular flexibility index (Phi) is 6.27. The van der Waals surface area contributed by atoms with Gasteiger partial charge in [0.15, 0.2) is 11.6 Å². The van der Waals surface area contributed by atoms with Crippen LogP contribution in [0, 0.1) is 5.92 Å². The fourth-order valence-electron chi connectivity index (χ4n) is 7.06. The van der Waals surface area contributed by atoms with E-state index < -0.39 is 23.4 Å². The van der Waals surface area contributed by atoms with Gasteiger partial charge in [-0.25, -0.2) is 0 Å². The summed E-state index contributed by atoms with van der Waals surface area (Å²) in [5, 5.41) is 3.09. The Hall–Kier alpha value is -4.97. The van der Waals surface area contributed by atoms with E-state index >= 15 is 0 Å². The quantitative estimate of drug-likeness (QED) is 0.266. The maximum Gasteiger partial charge on any atom is 0.238 e. The van der Waals surface area contributed by atoms with Crippen molar-refractivity contribution in [3.05, 3.63) is 137 Å². The summed E-state index contributed by atoms with van der Waals surface area (Å²) in [6.07, 6.45) is 4.73. The van der Waals surface area contributed by atoms with E-state index in [1.54, 1.807) is 36.4 Å². The van der Waals surface area contributed by atoms with Gasteiger partial charge in [-0.3, -0.25) is 14.4 Å². The highest BCUT2D eigenvalue weighted by molar-refractivity contribution is 6.16. The average molecular weight is 555 g/mol. The zero-order valence-corrected chi connectivity index (χ0v) is 23.2. The first-order valence-electron chi connectivity index (χ1n) is 14.4. The van der Waals surface area contributed by atoms with Crippen LogP contribution in [0.3, 0.4) is 0 Å². The van der Waals surface area contributed by atoms with E-state index in [0.717, 1.165) is 23.1 Å². The molecule has 1 saturated heterocycles. The minimum absolute atomic E-state index is 0.195. The molecule has 0 bridgehead atoms. The third kappa shape index (κ3) is 3.75. The van der Waals surface area contributed by atoms with Crippen molar-refractivity contribution in [1.29, 1.82) is 0 Å². The average Bonchev–Trinajstić information content (AvgIpc) is 3.52. The molecular formula is C36H30N2O4. The molecule has 3 heterocycles. The van der Waals surface area contributed by atoms with Gasteiger partial charge in [0.05, 0.1) is 18.6 Å². The van der Waals surface area contributed by atoms with Gasteiger partial charge in [0.2, 0.25) is 5.91 Å². The maximum absolute atomic E-state index is 14.9. The molecule has 3 aliphatic rings. The molecule has 1 fully saturated rings. The number of carbonyl (C=O) groups is 3. The largest absolute Gasteiger partial charge is 0.494 e. The second-order valence-electron chi connectivity index (χ2n) is 11.1. The molecule has 0 radical (unpaired) electrons. The van der Waals surface area contributed by atoms with Gasteiger partial charge in [-0.05, 0) is 59.5 Å². The normalized spacial score (nSPS) is 23.2. The van der Waals surface area contributed by atoms with Gasteiger partial charge in [-0.1, -0.05) is 79.7 Å². The summed E-state index contributed by atoms with van der Waals surface area (Å²) in [6, 6.07) is 30.1. The molecule has 1 spiro atoms. The lowest BCUT2D eigenvalue weighted by Gasteiger charge is -2.38. The second kappa shape index (κ2) is 10.1. The number of hydrogen-bond acceptors (Lipinski definition) is 5. The first-order valence-corrected chi connectivity index (χ1v) is 14.4. The zero-order chi connectivity index (χ0) is 28.8. The van der Waals surface area contributed by atoms with Crippen molar-refractivity contribution in [1.82, 2.24) is 4.90 Å². The Morgan fingerprint density at radius 2 is 1.52 bits per heavy atom. The summed E-state index contributed by atoms with van der Waals surface area (Å²) >= 11 is 0. The number of anilines is 1. The summed E-state index contributed by atoms with van der Waals surface area (Å²) in [4.78, 5) is 45.8. The van der Waals surface area contributed by atoms with Gasteiger partial charge < -0.3 is 15.0 Å². The SMILES string of the molecule is CCCOc1ccc(C(=O)[C@@H]2[C@H](C(=O)c3ccccc3)N3C=Cc4ccccc4[C@@H]3[C@]23C(=O)Nc2ccccc23)cc1. The van der Waals surface area contributed by atoms with E-state index in [0.29, 0.717) is 29.2 Å². The van der Waals surface area contributed by atoms with Crippen LogP contribution in [0.4, 0.5) is 5.69 Å². The maximum atomic E-state index is 14.9. The fraction of sp³-hybridized carbons (Fsp3) is 0.194. The van der Waals surface area contributed by atoms with Crippen LogP contribution in [0.25, 0.3) is 6.08 Å². The van der Waals surface area contributed by atoms with Crippen molar-refractivity contribution in [3.8, 4) is 5.75 Å². The number of carbonyl (C=O) groups excluding carboxylic acids is 3. The first-order chi connectivity index (χ1) is 20.6. The number of ether oxygens (including phenoxy) is 1. The Morgan fingerprint density at radius 3 is 2.31 bits per heavy atom. The number of benzene rings is 4. The highest BCUT2D eigenvalue weighted by Gasteiger charge is 2.70. The lowest BCUT2D eigenvalue weighted by molar-refractivity contribution is -0.122. The van der Waals surface area contributed by atoms with Gasteiger partial charge in [0, 0.05) is 23.0 Å². The number of nitrogens with zero attached hydrogens (tertiary/aromatic N) is 1. The van der Waals surface area contributed by atoms with Crippen molar-refractivity contribution >= 4 is 29.2 Å².